The Morgan fingerprint density at radius 1 is 1.25 bits per heavy atom. The fraction of sp³-hybridized carbons (Fsp3) is 0.538. The van der Waals surface area contributed by atoms with E-state index in [0.717, 1.165) is 44.3 Å². The predicted molar refractivity (Wildman–Crippen MR) is 67.2 cm³/mol. The summed E-state index contributed by atoms with van der Waals surface area (Å²) in [6, 6.07) is 8.30. The number of halogens is 1. The van der Waals surface area contributed by atoms with Gasteiger partial charge < -0.3 is 4.74 Å². The molecule has 1 heterocycles. The SMILES string of the molecule is ClCCCCN1CCOc2ccccc2C1. The number of para-hydroxylation sites is 1. The highest BCUT2D eigenvalue weighted by atomic mass is 35.5. The van der Waals surface area contributed by atoms with Crippen molar-refractivity contribution >= 4 is 11.6 Å². The fourth-order valence-corrected chi connectivity index (χ4v) is 2.19. The molecule has 0 bridgehead atoms. The van der Waals surface area contributed by atoms with Crippen LogP contribution in [0.5, 0.6) is 5.75 Å². The summed E-state index contributed by atoms with van der Waals surface area (Å²) in [5.41, 5.74) is 1.30. The zero-order chi connectivity index (χ0) is 11.2. The van der Waals surface area contributed by atoms with Gasteiger partial charge in [-0.05, 0) is 25.5 Å². The van der Waals surface area contributed by atoms with Gasteiger partial charge in [0, 0.05) is 24.5 Å². The van der Waals surface area contributed by atoms with Crippen LogP contribution in [-0.4, -0.2) is 30.5 Å². The van der Waals surface area contributed by atoms with Gasteiger partial charge in [-0.15, -0.1) is 11.6 Å². The van der Waals surface area contributed by atoms with Gasteiger partial charge in [-0.25, -0.2) is 0 Å². The van der Waals surface area contributed by atoms with E-state index < -0.39 is 0 Å². The smallest absolute Gasteiger partial charge is 0.123 e. The van der Waals surface area contributed by atoms with Crippen LogP contribution in [0, 0.1) is 0 Å². The first-order chi connectivity index (χ1) is 7.90. The van der Waals surface area contributed by atoms with Crippen LogP contribution < -0.4 is 4.74 Å². The van der Waals surface area contributed by atoms with E-state index >= 15 is 0 Å². The Kier molecular flexibility index (Phi) is 4.49. The molecular weight excluding hydrogens is 222 g/mol. The van der Waals surface area contributed by atoms with Crippen LogP contribution in [-0.2, 0) is 6.54 Å². The number of ether oxygens (including phenoxy) is 1. The normalized spacial score (nSPS) is 16.3. The minimum atomic E-state index is 0.765. The molecule has 88 valence electrons. The van der Waals surface area contributed by atoms with E-state index in [2.05, 4.69) is 23.1 Å². The van der Waals surface area contributed by atoms with Gasteiger partial charge in [0.2, 0.25) is 0 Å². The van der Waals surface area contributed by atoms with Crippen molar-refractivity contribution in [3.05, 3.63) is 29.8 Å². The summed E-state index contributed by atoms with van der Waals surface area (Å²) in [4.78, 5) is 2.44. The molecule has 16 heavy (non-hydrogen) atoms. The van der Waals surface area contributed by atoms with E-state index in [0.29, 0.717) is 0 Å². The number of hydrogen-bond donors (Lipinski definition) is 0. The lowest BCUT2D eigenvalue weighted by Gasteiger charge is -2.18. The first-order valence-corrected chi connectivity index (χ1v) is 6.42. The number of hydrogen-bond acceptors (Lipinski definition) is 2. The quantitative estimate of drug-likeness (QED) is 0.592. The second kappa shape index (κ2) is 6.12. The Labute approximate surface area is 102 Å². The molecule has 0 saturated carbocycles. The van der Waals surface area contributed by atoms with Crippen LogP contribution in [0.1, 0.15) is 18.4 Å². The molecule has 1 aliphatic rings. The third kappa shape index (κ3) is 3.13. The number of benzene rings is 1. The highest BCUT2D eigenvalue weighted by Gasteiger charge is 2.13. The summed E-state index contributed by atoms with van der Waals surface area (Å²) in [6.07, 6.45) is 2.27. The summed E-state index contributed by atoms with van der Waals surface area (Å²) in [5.74, 6) is 1.81. The Morgan fingerprint density at radius 3 is 3.00 bits per heavy atom. The second-order valence-corrected chi connectivity index (χ2v) is 4.51. The van der Waals surface area contributed by atoms with Crippen molar-refractivity contribution in [2.75, 3.05) is 25.6 Å². The topological polar surface area (TPSA) is 12.5 Å². The predicted octanol–water partition coefficient (Wildman–Crippen LogP) is 2.90. The molecule has 3 heteroatoms. The van der Waals surface area contributed by atoms with Crippen molar-refractivity contribution in [2.45, 2.75) is 19.4 Å². The Balaban J connectivity index is 1.94. The summed E-state index contributed by atoms with van der Waals surface area (Å²) in [6.45, 7) is 3.91. The number of alkyl halides is 1. The maximum atomic E-state index is 5.72. The lowest BCUT2D eigenvalue weighted by atomic mass is 10.2. The van der Waals surface area contributed by atoms with Gasteiger partial charge in [0.15, 0.2) is 0 Å². The van der Waals surface area contributed by atoms with Crippen molar-refractivity contribution in [1.82, 2.24) is 4.90 Å². The van der Waals surface area contributed by atoms with Crippen LogP contribution in [0.25, 0.3) is 0 Å². The number of unbranched alkanes of at least 4 members (excludes halogenated alkanes) is 1. The Hall–Kier alpha value is -0.730. The van der Waals surface area contributed by atoms with E-state index in [1.54, 1.807) is 0 Å². The summed E-state index contributed by atoms with van der Waals surface area (Å²) in [5, 5.41) is 0. The van der Waals surface area contributed by atoms with Gasteiger partial charge in [0.1, 0.15) is 12.4 Å². The zero-order valence-corrected chi connectivity index (χ0v) is 10.2. The molecule has 0 radical (unpaired) electrons. The van der Waals surface area contributed by atoms with Crippen LogP contribution >= 0.6 is 11.6 Å². The standard InChI is InChI=1S/C13H18ClNO/c14-7-3-4-8-15-9-10-16-13-6-2-1-5-12(13)11-15/h1-2,5-6H,3-4,7-11H2. The van der Waals surface area contributed by atoms with Crippen LogP contribution in [0.2, 0.25) is 0 Å². The lowest BCUT2D eigenvalue weighted by Crippen LogP contribution is -2.26. The molecular formula is C13H18ClNO. The minimum absolute atomic E-state index is 0.765. The molecule has 0 amide bonds. The lowest BCUT2D eigenvalue weighted by molar-refractivity contribution is 0.223. The molecule has 1 aromatic carbocycles. The largest absolute Gasteiger partial charge is 0.492 e. The van der Waals surface area contributed by atoms with E-state index in [4.69, 9.17) is 16.3 Å². The van der Waals surface area contributed by atoms with Crippen molar-refractivity contribution in [1.29, 1.82) is 0 Å². The van der Waals surface area contributed by atoms with Crippen molar-refractivity contribution < 1.29 is 4.74 Å². The first kappa shape index (κ1) is 11.7. The highest BCUT2D eigenvalue weighted by Crippen LogP contribution is 2.22. The van der Waals surface area contributed by atoms with Gasteiger partial charge in [0.05, 0.1) is 0 Å². The number of fused-ring (bicyclic) bond motifs is 1. The monoisotopic (exact) mass is 239 g/mol. The molecule has 0 spiro atoms. The molecule has 0 saturated heterocycles. The first-order valence-electron chi connectivity index (χ1n) is 5.89. The summed E-state index contributed by atoms with van der Waals surface area (Å²) >= 11 is 5.69. The third-order valence-corrected chi connectivity index (χ3v) is 3.16. The van der Waals surface area contributed by atoms with Crippen molar-refractivity contribution in [2.24, 2.45) is 0 Å². The molecule has 0 aliphatic carbocycles. The number of rotatable bonds is 4. The number of nitrogens with zero attached hydrogens (tertiary/aromatic N) is 1. The van der Waals surface area contributed by atoms with Crippen LogP contribution in [0.4, 0.5) is 0 Å². The fourth-order valence-electron chi connectivity index (χ4n) is 2.00. The average Bonchev–Trinajstić information content (AvgIpc) is 2.51. The van der Waals surface area contributed by atoms with E-state index in [1.165, 1.54) is 12.0 Å². The van der Waals surface area contributed by atoms with Gasteiger partial charge in [-0.1, -0.05) is 18.2 Å². The van der Waals surface area contributed by atoms with Gasteiger partial charge >= 0.3 is 0 Å². The molecule has 0 aromatic heterocycles. The maximum absolute atomic E-state index is 5.72. The van der Waals surface area contributed by atoms with Gasteiger partial charge in [-0.3, -0.25) is 4.90 Å². The molecule has 1 aromatic rings. The minimum Gasteiger partial charge on any atom is -0.492 e. The van der Waals surface area contributed by atoms with E-state index in [9.17, 15) is 0 Å². The average molecular weight is 240 g/mol. The van der Waals surface area contributed by atoms with Crippen molar-refractivity contribution in [3.8, 4) is 5.75 Å². The van der Waals surface area contributed by atoms with Crippen LogP contribution in [0.15, 0.2) is 24.3 Å². The summed E-state index contributed by atoms with van der Waals surface area (Å²) < 4.78 is 5.72. The molecule has 0 fully saturated rings. The molecule has 2 rings (SSSR count). The van der Waals surface area contributed by atoms with Gasteiger partial charge in [-0.2, -0.15) is 0 Å². The Morgan fingerprint density at radius 2 is 2.12 bits per heavy atom. The zero-order valence-electron chi connectivity index (χ0n) is 9.49. The molecule has 2 nitrogen and oxygen atoms in total. The van der Waals surface area contributed by atoms with Gasteiger partial charge in [0.25, 0.3) is 0 Å². The Bertz CT molecular complexity index is 329. The molecule has 0 atom stereocenters. The van der Waals surface area contributed by atoms with Crippen LogP contribution in [0.3, 0.4) is 0 Å². The molecule has 0 N–H and O–H groups in total. The highest BCUT2D eigenvalue weighted by molar-refractivity contribution is 6.17. The second-order valence-electron chi connectivity index (χ2n) is 4.13. The third-order valence-electron chi connectivity index (χ3n) is 2.89. The molecule has 1 aliphatic heterocycles. The molecule has 0 unspecified atom stereocenters. The summed E-state index contributed by atoms with van der Waals surface area (Å²) in [7, 11) is 0. The van der Waals surface area contributed by atoms with Crippen molar-refractivity contribution in [3.63, 3.8) is 0 Å². The van der Waals surface area contributed by atoms with E-state index in [1.807, 2.05) is 6.07 Å². The maximum Gasteiger partial charge on any atom is 0.123 e. The van der Waals surface area contributed by atoms with E-state index in [-0.39, 0.29) is 0 Å².